The number of likely N-dealkylation sites (N-methyl/N-ethyl adjacent to an activating group) is 1. The minimum absolute atomic E-state index is 0. The summed E-state index contributed by atoms with van der Waals surface area (Å²) in [5, 5.41) is 0. The Morgan fingerprint density at radius 1 is 1.27 bits per heavy atom. The Morgan fingerprint density at radius 2 is 1.87 bits per heavy atom. The van der Waals surface area contributed by atoms with Gasteiger partial charge in [-0.1, -0.05) is 31.5 Å². The molecule has 0 amide bonds. The molecule has 1 aliphatic heterocycles. The summed E-state index contributed by atoms with van der Waals surface area (Å²) in [6, 6.07) is 7.36. The minimum Gasteiger partial charge on any atom is -0.371 e. The van der Waals surface area contributed by atoms with Gasteiger partial charge in [0.2, 0.25) is 0 Å². The van der Waals surface area contributed by atoms with E-state index in [0.717, 1.165) is 0 Å². The molecular weight excluding hydrogens is 297 g/mol. The average molecular weight is 317 g/mol. The molecular formula is C13H20IN. The van der Waals surface area contributed by atoms with Crippen molar-refractivity contribution in [3.8, 4) is 0 Å². The Balaban J connectivity index is 0.00000112. The molecule has 0 radical (unpaired) electrons. The van der Waals surface area contributed by atoms with E-state index in [-0.39, 0.29) is 29.4 Å². The van der Waals surface area contributed by atoms with Gasteiger partial charge >= 0.3 is 0 Å². The van der Waals surface area contributed by atoms with Crippen LogP contribution in [0.5, 0.6) is 0 Å². The highest BCUT2D eigenvalue weighted by Gasteiger charge is 2.39. The van der Waals surface area contributed by atoms with Crippen LogP contribution in [0.1, 0.15) is 31.9 Å². The number of halogens is 1. The van der Waals surface area contributed by atoms with E-state index in [1.54, 1.807) is 0 Å². The molecule has 0 fully saturated rings. The van der Waals surface area contributed by atoms with Crippen molar-refractivity contribution in [1.82, 2.24) is 0 Å². The van der Waals surface area contributed by atoms with E-state index in [1.807, 2.05) is 0 Å². The first-order valence-electron chi connectivity index (χ1n) is 5.28. The van der Waals surface area contributed by atoms with Gasteiger partial charge in [-0.2, -0.15) is 0 Å². The third-order valence-corrected chi connectivity index (χ3v) is 3.85. The number of hydrogen-bond donors (Lipinski definition) is 0. The van der Waals surface area contributed by atoms with Crippen molar-refractivity contribution in [1.29, 1.82) is 0 Å². The summed E-state index contributed by atoms with van der Waals surface area (Å²) in [7, 11) is 2.19. The lowest BCUT2D eigenvalue weighted by atomic mass is 9.81. The zero-order valence-corrected chi connectivity index (χ0v) is 12.5. The first-order chi connectivity index (χ1) is 6.44. The van der Waals surface area contributed by atoms with Crippen LogP contribution in [0.2, 0.25) is 0 Å². The fraction of sp³-hybridized carbons (Fsp3) is 0.538. The summed E-state index contributed by atoms with van der Waals surface area (Å²) >= 11 is 0. The topological polar surface area (TPSA) is 3.24 Å². The number of nitrogens with zero attached hydrogens (tertiary/aromatic N) is 1. The molecule has 1 atom stereocenters. The molecule has 0 spiro atoms. The smallest absolute Gasteiger partial charge is 0.0405 e. The number of aryl methyl sites for hydroxylation is 1. The van der Waals surface area contributed by atoms with Crippen LogP contribution in [0.25, 0.3) is 0 Å². The van der Waals surface area contributed by atoms with E-state index in [9.17, 15) is 0 Å². The summed E-state index contributed by atoms with van der Waals surface area (Å²) in [6.45, 7) is 9.13. The van der Waals surface area contributed by atoms with Crippen LogP contribution in [0.3, 0.4) is 0 Å². The highest BCUT2D eigenvalue weighted by atomic mass is 127. The Morgan fingerprint density at radius 3 is 2.47 bits per heavy atom. The number of benzene rings is 1. The lowest BCUT2D eigenvalue weighted by molar-refractivity contribution is 0.454. The Kier molecular flexibility index (Phi) is 3.39. The maximum atomic E-state index is 2.38. The largest absolute Gasteiger partial charge is 0.371 e. The van der Waals surface area contributed by atoms with Gasteiger partial charge in [0, 0.05) is 24.2 Å². The molecule has 1 aliphatic rings. The first-order valence-corrected chi connectivity index (χ1v) is 5.28. The predicted octanol–water partition coefficient (Wildman–Crippen LogP) is 3.73. The molecule has 0 saturated carbocycles. The Labute approximate surface area is 110 Å². The molecule has 15 heavy (non-hydrogen) atoms. The van der Waals surface area contributed by atoms with Crippen molar-refractivity contribution in [2.75, 3.05) is 11.9 Å². The highest BCUT2D eigenvalue weighted by molar-refractivity contribution is 14.0. The van der Waals surface area contributed by atoms with Crippen molar-refractivity contribution in [2.45, 2.75) is 39.2 Å². The fourth-order valence-electron chi connectivity index (χ4n) is 2.39. The van der Waals surface area contributed by atoms with E-state index in [1.165, 1.54) is 16.8 Å². The average Bonchev–Trinajstić information content (AvgIpc) is 2.29. The second-order valence-electron chi connectivity index (χ2n) is 5.03. The summed E-state index contributed by atoms with van der Waals surface area (Å²) in [4.78, 5) is 2.38. The molecule has 0 bridgehead atoms. The lowest BCUT2D eigenvalue weighted by Gasteiger charge is -2.28. The minimum atomic E-state index is 0. The molecule has 1 aromatic rings. The van der Waals surface area contributed by atoms with Crippen LogP contribution in [-0.4, -0.2) is 13.1 Å². The molecule has 1 nitrogen and oxygen atoms in total. The second kappa shape index (κ2) is 3.96. The molecule has 1 unspecified atom stereocenters. The second-order valence-corrected chi connectivity index (χ2v) is 5.03. The summed E-state index contributed by atoms with van der Waals surface area (Å²) < 4.78 is 0. The number of hydrogen-bond acceptors (Lipinski definition) is 1. The SMILES string of the molecule is Cc1ccc2c(c1)C(C)(C)C(C)N2C.I. The standard InChI is InChI=1S/C13H19N.HI/c1-9-6-7-12-11(8-9)13(3,4)10(2)14(12)5;/h6-8,10H,1-5H3;1H. The highest BCUT2D eigenvalue weighted by Crippen LogP contribution is 2.44. The van der Waals surface area contributed by atoms with Gasteiger partial charge in [0.05, 0.1) is 0 Å². The van der Waals surface area contributed by atoms with Crippen LogP contribution in [0.15, 0.2) is 18.2 Å². The van der Waals surface area contributed by atoms with Crippen molar-refractivity contribution >= 4 is 29.7 Å². The van der Waals surface area contributed by atoms with Crippen molar-refractivity contribution in [3.05, 3.63) is 29.3 Å². The third-order valence-electron chi connectivity index (χ3n) is 3.85. The van der Waals surface area contributed by atoms with E-state index < -0.39 is 0 Å². The Bertz CT molecular complexity index is 371. The van der Waals surface area contributed by atoms with Crippen molar-refractivity contribution in [2.24, 2.45) is 0 Å². The molecule has 0 N–H and O–H groups in total. The van der Waals surface area contributed by atoms with Crippen LogP contribution >= 0.6 is 24.0 Å². The van der Waals surface area contributed by atoms with E-state index in [0.29, 0.717) is 6.04 Å². The third kappa shape index (κ3) is 1.77. The van der Waals surface area contributed by atoms with Gasteiger partial charge in [0.1, 0.15) is 0 Å². The summed E-state index contributed by atoms with van der Waals surface area (Å²) in [6.07, 6.45) is 0. The van der Waals surface area contributed by atoms with Crippen molar-refractivity contribution < 1.29 is 0 Å². The number of fused-ring (bicyclic) bond motifs is 1. The van der Waals surface area contributed by atoms with Gasteiger partial charge in [0.15, 0.2) is 0 Å². The first kappa shape index (κ1) is 12.8. The maximum absolute atomic E-state index is 2.38. The molecule has 0 aromatic heterocycles. The molecule has 1 aromatic carbocycles. The van der Waals surface area contributed by atoms with Crippen LogP contribution in [0, 0.1) is 6.92 Å². The van der Waals surface area contributed by atoms with Gasteiger partial charge in [-0.25, -0.2) is 0 Å². The van der Waals surface area contributed by atoms with Crippen LogP contribution in [0.4, 0.5) is 5.69 Å². The fourth-order valence-corrected chi connectivity index (χ4v) is 2.39. The van der Waals surface area contributed by atoms with Gasteiger partial charge in [0.25, 0.3) is 0 Å². The van der Waals surface area contributed by atoms with Gasteiger partial charge in [-0.05, 0) is 25.5 Å². The zero-order chi connectivity index (χ0) is 10.5. The Hall–Kier alpha value is -0.250. The van der Waals surface area contributed by atoms with Crippen LogP contribution < -0.4 is 4.90 Å². The predicted molar refractivity (Wildman–Crippen MR) is 77.5 cm³/mol. The molecule has 2 heteroatoms. The molecule has 1 heterocycles. The maximum Gasteiger partial charge on any atom is 0.0405 e. The quantitative estimate of drug-likeness (QED) is 0.659. The molecule has 2 rings (SSSR count). The van der Waals surface area contributed by atoms with Crippen LogP contribution in [-0.2, 0) is 5.41 Å². The van der Waals surface area contributed by atoms with E-state index >= 15 is 0 Å². The zero-order valence-electron chi connectivity index (χ0n) is 10.2. The van der Waals surface area contributed by atoms with Gasteiger partial charge in [-0.15, -0.1) is 24.0 Å². The number of rotatable bonds is 0. The molecule has 0 saturated heterocycles. The lowest BCUT2D eigenvalue weighted by Crippen LogP contribution is -2.36. The van der Waals surface area contributed by atoms with Gasteiger partial charge < -0.3 is 4.90 Å². The summed E-state index contributed by atoms with van der Waals surface area (Å²) in [5.41, 5.74) is 4.52. The van der Waals surface area contributed by atoms with E-state index in [4.69, 9.17) is 0 Å². The monoisotopic (exact) mass is 317 g/mol. The summed E-state index contributed by atoms with van der Waals surface area (Å²) in [5.74, 6) is 0. The van der Waals surface area contributed by atoms with Gasteiger partial charge in [-0.3, -0.25) is 0 Å². The molecule has 0 aliphatic carbocycles. The van der Waals surface area contributed by atoms with E-state index in [2.05, 4.69) is 57.8 Å². The number of anilines is 1. The molecule has 84 valence electrons. The normalized spacial score (nSPS) is 22.2. The van der Waals surface area contributed by atoms with Crippen molar-refractivity contribution in [3.63, 3.8) is 0 Å².